The van der Waals surface area contributed by atoms with Crippen molar-refractivity contribution in [1.29, 1.82) is 0 Å². The monoisotopic (exact) mass is 405 g/mol. The van der Waals surface area contributed by atoms with E-state index >= 15 is 0 Å². The SMILES string of the molecule is O=C(CCC1CCN(S(=O)(=O)c2cccc(F)c2)CC1)NCc1cccnc1. The fraction of sp³-hybridized carbons (Fsp3) is 0.400. The minimum atomic E-state index is -3.67. The highest BCUT2D eigenvalue weighted by Crippen LogP contribution is 2.26. The van der Waals surface area contributed by atoms with E-state index in [0.717, 1.165) is 18.1 Å². The molecule has 2 aromatic rings. The van der Waals surface area contributed by atoms with Crippen molar-refractivity contribution in [1.82, 2.24) is 14.6 Å². The van der Waals surface area contributed by atoms with E-state index in [9.17, 15) is 17.6 Å². The summed E-state index contributed by atoms with van der Waals surface area (Å²) in [7, 11) is -3.67. The van der Waals surface area contributed by atoms with Crippen molar-refractivity contribution in [2.24, 2.45) is 5.92 Å². The molecular weight excluding hydrogens is 381 g/mol. The lowest BCUT2D eigenvalue weighted by Crippen LogP contribution is -2.38. The molecule has 0 atom stereocenters. The Bertz CT molecular complexity index is 898. The number of halogens is 1. The molecule has 0 bridgehead atoms. The highest BCUT2D eigenvalue weighted by atomic mass is 32.2. The van der Waals surface area contributed by atoms with Crippen LogP contribution < -0.4 is 5.32 Å². The highest BCUT2D eigenvalue weighted by Gasteiger charge is 2.29. The van der Waals surface area contributed by atoms with Crippen LogP contribution in [0, 0.1) is 11.7 Å². The van der Waals surface area contributed by atoms with Gasteiger partial charge in [-0.3, -0.25) is 9.78 Å². The molecule has 1 fully saturated rings. The smallest absolute Gasteiger partial charge is 0.243 e. The molecule has 8 heteroatoms. The quantitative estimate of drug-likeness (QED) is 0.768. The molecule has 0 radical (unpaired) electrons. The molecule has 1 N–H and O–H groups in total. The number of piperidine rings is 1. The molecule has 6 nitrogen and oxygen atoms in total. The zero-order valence-electron chi connectivity index (χ0n) is 15.6. The second-order valence-corrected chi connectivity index (χ2v) is 8.92. The van der Waals surface area contributed by atoms with Crippen molar-refractivity contribution in [3.8, 4) is 0 Å². The van der Waals surface area contributed by atoms with Crippen LogP contribution in [0.25, 0.3) is 0 Å². The zero-order chi connectivity index (χ0) is 20.0. The van der Waals surface area contributed by atoms with Crippen molar-refractivity contribution in [2.45, 2.75) is 37.1 Å². The van der Waals surface area contributed by atoms with E-state index in [4.69, 9.17) is 0 Å². The first-order chi connectivity index (χ1) is 13.4. The van der Waals surface area contributed by atoms with E-state index < -0.39 is 15.8 Å². The van der Waals surface area contributed by atoms with E-state index in [1.54, 1.807) is 12.4 Å². The second kappa shape index (κ2) is 9.25. The average Bonchev–Trinajstić information content (AvgIpc) is 2.72. The maximum atomic E-state index is 13.3. The Balaban J connectivity index is 1.43. The summed E-state index contributed by atoms with van der Waals surface area (Å²) in [4.78, 5) is 16.0. The molecule has 0 unspecified atom stereocenters. The summed E-state index contributed by atoms with van der Waals surface area (Å²) in [6.07, 6.45) is 5.95. The van der Waals surface area contributed by atoms with E-state index in [2.05, 4.69) is 10.3 Å². The van der Waals surface area contributed by atoms with Crippen LogP contribution >= 0.6 is 0 Å². The lowest BCUT2D eigenvalue weighted by Gasteiger charge is -2.31. The van der Waals surface area contributed by atoms with Crippen LogP contribution in [-0.4, -0.2) is 36.7 Å². The fourth-order valence-corrected chi connectivity index (χ4v) is 4.84. The first-order valence-corrected chi connectivity index (χ1v) is 10.8. The molecule has 3 rings (SSSR count). The molecule has 0 aliphatic carbocycles. The summed E-state index contributed by atoms with van der Waals surface area (Å²) in [6, 6.07) is 8.82. The van der Waals surface area contributed by atoms with Crippen molar-refractivity contribution in [3.05, 3.63) is 60.2 Å². The Kier molecular flexibility index (Phi) is 6.74. The van der Waals surface area contributed by atoms with Crippen molar-refractivity contribution < 1.29 is 17.6 Å². The number of benzene rings is 1. The topological polar surface area (TPSA) is 79.4 Å². The zero-order valence-corrected chi connectivity index (χ0v) is 16.4. The predicted molar refractivity (Wildman–Crippen MR) is 103 cm³/mol. The Morgan fingerprint density at radius 2 is 2.00 bits per heavy atom. The number of nitrogens with zero attached hydrogens (tertiary/aromatic N) is 2. The summed E-state index contributed by atoms with van der Waals surface area (Å²) >= 11 is 0. The molecule has 0 spiro atoms. The minimum Gasteiger partial charge on any atom is -0.352 e. The molecule has 150 valence electrons. The Morgan fingerprint density at radius 1 is 1.21 bits per heavy atom. The van der Waals surface area contributed by atoms with Gasteiger partial charge in [-0.2, -0.15) is 4.31 Å². The molecular formula is C20H24FN3O3S. The van der Waals surface area contributed by atoms with E-state index in [-0.39, 0.29) is 10.8 Å². The van der Waals surface area contributed by atoms with Crippen LogP contribution in [0.1, 0.15) is 31.2 Å². The van der Waals surface area contributed by atoms with Gasteiger partial charge >= 0.3 is 0 Å². The molecule has 1 amide bonds. The third-order valence-electron chi connectivity index (χ3n) is 5.00. The van der Waals surface area contributed by atoms with Gasteiger partial charge < -0.3 is 5.32 Å². The Labute approximate surface area is 164 Å². The number of hydrogen-bond acceptors (Lipinski definition) is 4. The molecule has 1 aromatic carbocycles. The first-order valence-electron chi connectivity index (χ1n) is 9.36. The van der Waals surface area contributed by atoms with E-state index in [1.165, 1.54) is 22.5 Å². The average molecular weight is 405 g/mol. The van der Waals surface area contributed by atoms with Gasteiger partial charge in [-0.15, -0.1) is 0 Å². The lowest BCUT2D eigenvalue weighted by atomic mass is 9.93. The maximum Gasteiger partial charge on any atom is 0.243 e. The number of pyridine rings is 1. The molecule has 1 aromatic heterocycles. The number of amides is 1. The van der Waals surface area contributed by atoms with E-state index in [0.29, 0.717) is 44.8 Å². The molecule has 0 saturated carbocycles. The van der Waals surface area contributed by atoms with Crippen LogP contribution in [0.4, 0.5) is 4.39 Å². The first kappa shape index (κ1) is 20.4. The van der Waals surface area contributed by atoms with Crippen LogP contribution in [0.15, 0.2) is 53.7 Å². The Hall–Kier alpha value is -2.32. The largest absolute Gasteiger partial charge is 0.352 e. The molecule has 2 heterocycles. The number of nitrogens with one attached hydrogen (secondary N) is 1. The summed E-state index contributed by atoms with van der Waals surface area (Å²) in [5.74, 6) is -0.268. The fourth-order valence-electron chi connectivity index (χ4n) is 3.34. The van der Waals surface area contributed by atoms with Gasteiger partial charge in [-0.25, -0.2) is 12.8 Å². The maximum absolute atomic E-state index is 13.3. The third-order valence-corrected chi connectivity index (χ3v) is 6.89. The van der Waals surface area contributed by atoms with Gasteiger partial charge in [0.05, 0.1) is 4.90 Å². The molecule has 1 aliphatic rings. The number of sulfonamides is 1. The Morgan fingerprint density at radius 3 is 2.68 bits per heavy atom. The summed E-state index contributed by atoms with van der Waals surface area (Å²) in [6.45, 7) is 1.23. The van der Waals surface area contributed by atoms with Crippen molar-refractivity contribution >= 4 is 15.9 Å². The summed E-state index contributed by atoms with van der Waals surface area (Å²) in [5, 5.41) is 2.88. The normalized spacial score (nSPS) is 16.0. The van der Waals surface area contributed by atoms with Crippen molar-refractivity contribution in [3.63, 3.8) is 0 Å². The van der Waals surface area contributed by atoms with Gasteiger partial charge in [0.15, 0.2) is 0 Å². The minimum absolute atomic E-state index is 0.0132. The van der Waals surface area contributed by atoms with Gasteiger partial charge in [-0.1, -0.05) is 12.1 Å². The molecule has 1 aliphatic heterocycles. The molecule has 1 saturated heterocycles. The third kappa shape index (κ3) is 5.36. The number of rotatable bonds is 7. The van der Waals surface area contributed by atoms with Gasteiger partial charge in [0.1, 0.15) is 5.82 Å². The van der Waals surface area contributed by atoms with Gasteiger partial charge in [0.25, 0.3) is 0 Å². The van der Waals surface area contributed by atoms with Gasteiger partial charge in [0, 0.05) is 38.4 Å². The number of carbonyl (C=O) groups excluding carboxylic acids is 1. The lowest BCUT2D eigenvalue weighted by molar-refractivity contribution is -0.121. The number of aromatic nitrogens is 1. The highest BCUT2D eigenvalue weighted by molar-refractivity contribution is 7.89. The van der Waals surface area contributed by atoms with Crippen LogP contribution in [0.3, 0.4) is 0 Å². The predicted octanol–water partition coefficient (Wildman–Crippen LogP) is 2.72. The number of hydrogen-bond donors (Lipinski definition) is 1. The summed E-state index contributed by atoms with van der Waals surface area (Å²) < 4.78 is 40.0. The van der Waals surface area contributed by atoms with Gasteiger partial charge in [-0.05, 0) is 55.0 Å². The van der Waals surface area contributed by atoms with Crippen molar-refractivity contribution in [2.75, 3.05) is 13.1 Å². The van der Waals surface area contributed by atoms with Crippen LogP contribution in [0.2, 0.25) is 0 Å². The summed E-state index contributed by atoms with van der Waals surface area (Å²) in [5.41, 5.74) is 0.951. The van der Waals surface area contributed by atoms with Gasteiger partial charge in [0.2, 0.25) is 15.9 Å². The second-order valence-electron chi connectivity index (χ2n) is 6.98. The number of carbonyl (C=O) groups is 1. The van der Waals surface area contributed by atoms with Crippen LogP contribution in [-0.2, 0) is 21.4 Å². The van der Waals surface area contributed by atoms with E-state index in [1.807, 2.05) is 12.1 Å². The van der Waals surface area contributed by atoms with Crippen LogP contribution in [0.5, 0.6) is 0 Å². The standard InChI is InChI=1S/C20H24FN3O3S/c21-18-4-1-5-19(13-18)28(26,27)24-11-8-16(9-12-24)6-7-20(25)23-15-17-3-2-10-22-14-17/h1-5,10,13-14,16H,6-9,11-12,15H2,(H,23,25). The molecule has 28 heavy (non-hydrogen) atoms.